The molecule has 0 aliphatic rings. The highest BCUT2D eigenvalue weighted by atomic mass is 79.9. The van der Waals surface area contributed by atoms with Crippen LogP contribution in [0.25, 0.3) is 5.70 Å². The number of hydrogen-bond donors (Lipinski definition) is 4. The van der Waals surface area contributed by atoms with E-state index < -0.39 is 11.8 Å². The standard InChI is InChI=1S/C17H14BrN3O3/c18-11-5-6-12(14(20)7-11)16(21)15(22)8-13(19)9-1-3-10(4-2-9)17(23)24/h1-8,21H,19-20H2,(H,23,24)/b13-8-,21-16?. The Balaban J connectivity index is 2.24. The van der Waals surface area contributed by atoms with Crippen LogP contribution in [-0.2, 0) is 4.79 Å². The summed E-state index contributed by atoms with van der Waals surface area (Å²) in [6, 6.07) is 10.6. The summed E-state index contributed by atoms with van der Waals surface area (Å²) in [5, 5.41) is 16.8. The number of carboxylic acid groups (broad SMARTS) is 1. The van der Waals surface area contributed by atoms with Gasteiger partial charge in [0.05, 0.1) is 5.56 Å². The van der Waals surface area contributed by atoms with E-state index in [1.165, 1.54) is 24.3 Å². The molecule has 0 aliphatic carbocycles. The van der Waals surface area contributed by atoms with Crippen molar-refractivity contribution in [3.63, 3.8) is 0 Å². The van der Waals surface area contributed by atoms with Gasteiger partial charge in [-0.15, -0.1) is 0 Å². The highest BCUT2D eigenvalue weighted by Gasteiger charge is 2.14. The topological polar surface area (TPSA) is 130 Å². The number of halogens is 1. The maximum absolute atomic E-state index is 12.2. The Kier molecular flexibility index (Phi) is 5.15. The summed E-state index contributed by atoms with van der Waals surface area (Å²) < 4.78 is 0.748. The Hall–Kier alpha value is -2.93. The molecule has 24 heavy (non-hydrogen) atoms. The van der Waals surface area contributed by atoms with Gasteiger partial charge in [-0.3, -0.25) is 10.2 Å². The van der Waals surface area contributed by atoms with E-state index in [0.717, 1.165) is 10.5 Å². The van der Waals surface area contributed by atoms with Gasteiger partial charge in [-0.25, -0.2) is 4.79 Å². The number of nitrogen functional groups attached to an aromatic ring is 1. The third-order valence-electron chi connectivity index (χ3n) is 3.28. The SMILES string of the molecule is N=C(C(=O)/C=C(\N)c1ccc(C(=O)O)cc1)c1ccc(Br)cc1N. The summed E-state index contributed by atoms with van der Waals surface area (Å²) >= 11 is 3.26. The van der Waals surface area contributed by atoms with E-state index in [-0.39, 0.29) is 17.0 Å². The number of anilines is 1. The number of carboxylic acids is 1. The minimum absolute atomic E-state index is 0.119. The zero-order valence-electron chi connectivity index (χ0n) is 12.4. The van der Waals surface area contributed by atoms with Gasteiger partial charge in [0.25, 0.3) is 0 Å². The summed E-state index contributed by atoms with van der Waals surface area (Å²) in [5.74, 6) is -1.64. The summed E-state index contributed by atoms with van der Waals surface area (Å²) in [4.78, 5) is 23.0. The fourth-order valence-electron chi connectivity index (χ4n) is 2.00. The number of carbonyl (C=O) groups excluding carboxylic acids is 1. The molecule has 0 aromatic heterocycles. The van der Waals surface area contributed by atoms with Gasteiger partial charge in [-0.1, -0.05) is 28.1 Å². The summed E-state index contributed by atoms with van der Waals surface area (Å²) in [7, 11) is 0. The summed E-state index contributed by atoms with van der Waals surface area (Å²) in [5.41, 5.74) is 12.8. The molecule has 0 heterocycles. The van der Waals surface area contributed by atoms with Gasteiger partial charge in [-0.05, 0) is 35.9 Å². The molecule has 0 atom stereocenters. The number of hydrogen-bond acceptors (Lipinski definition) is 5. The minimum atomic E-state index is -1.05. The average Bonchev–Trinajstić information content (AvgIpc) is 2.54. The molecule has 6 nitrogen and oxygen atoms in total. The lowest BCUT2D eigenvalue weighted by molar-refractivity contribution is -0.108. The van der Waals surface area contributed by atoms with Crippen LogP contribution in [0, 0.1) is 5.41 Å². The molecule has 2 aromatic rings. The van der Waals surface area contributed by atoms with Gasteiger partial charge in [0.2, 0.25) is 5.78 Å². The molecular weight excluding hydrogens is 374 g/mol. The zero-order valence-corrected chi connectivity index (χ0v) is 14.0. The molecule has 122 valence electrons. The van der Waals surface area contributed by atoms with Crippen molar-refractivity contribution < 1.29 is 14.7 Å². The first-order valence-electron chi connectivity index (χ1n) is 6.78. The number of nitrogens with two attached hydrogens (primary N) is 2. The average molecular weight is 388 g/mol. The van der Waals surface area contributed by atoms with E-state index in [2.05, 4.69) is 15.9 Å². The molecule has 0 aliphatic heterocycles. The lowest BCUT2D eigenvalue weighted by atomic mass is 10.0. The summed E-state index contributed by atoms with van der Waals surface area (Å²) in [6.07, 6.45) is 1.12. The van der Waals surface area contributed by atoms with E-state index in [0.29, 0.717) is 16.8 Å². The summed E-state index contributed by atoms with van der Waals surface area (Å²) in [6.45, 7) is 0. The van der Waals surface area contributed by atoms with E-state index in [1.54, 1.807) is 18.2 Å². The first-order chi connectivity index (χ1) is 11.3. The van der Waals surface area contributed by atoms with E-state index in [1.807, 2.05) is 0 Å². The predicted octanol–water partition coefficient (Wildman–Crippen LogP) is 2.67. The number of benzene rings is 2. The fraction of sp³-hybridized carbons (Fsp3) is 0. The van der Waals surface area contributed by atoms with Crippen molar-refractivity contribution in [3.05, 3.63) is 69.7 Å². The number of aromatic carboxylic acids is 1. The van der Waals surface area contributed by atoms with Gasteiger partial charge >= 0.3 is 5.97 Å². The number of ketones is 1. The number of allylic oxidation sites excluding steroid dienone is 1. The maximum Gasteiger partial charge on any atom is 0.335 e. The van der Waals surface area contributed by atoms with Gasteiger partial charge < -0.3 is 16.6 Å². The van der Waals surface area contributed by atoms with Crippen LogP contribution in [0.1, 0.15) is 21.5 Å². The van der Waals surface area contributed by atoms with Crippen LogP contribution in [0.2, 0.25) is 0 Å². The molecule has 0 bridgehead atoms. The molecule has 6 N–H and O–H groups in total. The van der Waals surface area contributed by atoms with E-state index in [9.17, 15) is 9.59 Å². The number of carbonyl (C=O) groups is 2. The second kappa shape index (κ2) is 7.10. The molecule has 0 radical (unpaired) electrons. The quantitative estimate of drug-likeness (QED) is 0.355. The van der Waals surface area contributed by atoms with Crippen LogP contribution >= 0.6 is 15.9 Å². The maximum atomic E-state index is 12.2. The molecule has 0 amide bonds. The molecule has 0 saturated heterocycles. The Bertz CT molecular complexity index is 858. The lowest BCUT2D eigenvalue weighted by Crippen LogP contribution is -2.15. The molecule has 0 unspecified atom stereocenters. The highest BCUT2D eigenvalue weighted by molar-refractivity contribution is 9.10. The Morgan fingerprint density at radius 3 is 2.21 bits per heavy atom. The Morgan fingerprint density at radius 2 is 1.67 bits per heavy atom. The van der Waals surface area contributed by atoms with E-state index in [4.69, 9.17) is 22.0 Å². The zero-order chi connectivity index (χ0) is 17.9. The monoisotopic (exact) mass is 387 g/mol. The second-order valence-corrected chi connectivity index (χ2v) is 5.87. The van der Waals surface area contributed by atoms with Crippen LogP contribution in [0.3, 0.4) is 0 Å². The van der Waals surface area contributed by atoms with Crippen molar-refractivity contribution in [2.45, 2.75) is 0 Å². The van der Waals surface area contributed by atoms with Gasteiger partial charge in [0.1, 0.15) is 5.71 Å². The van der Waals surface area contributed by atoms with Crippen molar-refractivity contribution in [2.24, 2.45) is 5.73 Å². The normalized spacial score (nSPS) is 11.1. The van der Waals surface area contributed by atoms with Crippen molar-refractivity contribution in [3.8, 4) is 0 Å². The van der Waals surface area contributed by atoms with Gasteiger partial charge in [0.15, 0.2) is 0 Å². The van der Waals surface area contributed by atoms with Crippen molar-refractivity contribution in [2.75, 3.05) is 5.73 Å². The van der Waals surface area contributed by atoms with Crippen LogP contribution in [0.15, 0.2) is 53.0 Å². The Morgan fingerprint density at radius 1 is 1.08 bits per heavy atom. The smallest absolute Gasteiger partial charge is 0.335 e. The van der Waals surface area contributed by atoms with Crippen LogP contribution in [-0.4, -0.2) is 22.6 Å². The molecule has 2 aromatic carbocycles. The van der Waals surface area contributed by atoms with Crippen molar-refractivity contribution in [1.29, 1.82) is 5.41 Å². The molecule has 0 saturated carbocycles. The van der Waals surface area contributed by atoms with E-state index >= 15 is 0 Å². The number of rotatable bonds is 5. The van der Waals surface area contributed by atoms with Gasteiger partial charge in [-0.2, -0.15) is 0 Å². The largest absolute Gasteiger partial charge is 0.478 e. The molecular formula is C17H14BrN3O3. The highest BCUT2D eigenvalue weighted by Crippen LogP contribution is 2.20. The first-order valence-corrected chi connectivity index (χ1v) is 7.58. The van der Waals surface area contributed by atoms with Crippen LogP contribution in [0.5, 0.6) is 0 Å². The molecule has 2 rings (SSSR count). The van der Waals surface area contributed by atoms with Crippen molar-refractivity contribution >= 4 is 44.8 Å². The molecule has 0 fully saturated rings. The minimum Gasteiger partial charge on any atom is -0.478 e. The molecule has 0 spiro atoms. The van der Waals surface area contributed by atoms with Crippen molar-refractivity contribution in [1.82, 2.24) is 0 Å². The third-order valence-corrected chi connectivity index (χ3v) is 3.77. The van der Waals surface area contributed by atoms with Crippen LogP contribution in [0.4, 0.5) is 5.69 Å². The predicted molar refractivity (Wildman–Crippen MR) is 96.0 cm³/mol. The fourth-order valence-corrected chi connectivity index (χ4v) is 2.37. The van der Waals surface area contributed by atoms with Gasteiger partial charge in [0, 0.05) is 27.5 Å². The lowest BCUT2D eigenvalue weighted by Gasteiger charge is -2.06. The third kappa shape index (κ3) is 3.88. The Labute approximate surface area is 146 Å². The van der Waals surface area contributed by atoms with Crippen LogP contribution < -0.4 is 11.5 Å². The molecule has 7 heteroatoms. The number of nitrogens with one attached hydrogen (secondary N) is 1. The first kappa shape index (κ1) is 17.4. The second-order valence-electron chi connectivity index (χ2n) is 4.95.